The lowest BCUT2D eigenvalue weighted by Crippen LogP contribution is -1.89. The maximum absolute atomic E-state index is 13.5. The van der Waals surface area contributed by atoms with Crippen LogP contribution in [0.2, 0.25) is 15.1 Å². The Kier molecular flexibility index (Phi) is 4.00. The van der Waals surface area contributed by atoms with E-state index in [1.807, 2.05) is 0 Å². The molecule has 0 heterocycles. The molecule has 2 aromatic carbocycles. The van der Waals surface area contributed by atoms with Gasteiger partial charge in [0.1, 0.15) is 11.6 Å². The standard InChI is InChI=1S/C13H8Cl3FO/c1-18-9-5-7(4-8(17)6-9)12-10(14)2-3-11(15)13(12)16/h2-6H,1H3. The summed E-state index contributed by atoms with van der Waals surface area (Å²) < 4.78 is 18.5. The fourth-order valence-electron chi connectivity index (χ4n) is 1.62. The van der Waals surface area contributed by atoms with Gasteiger partial charge in [-0.3, -0.25) is 0 Å². The molecule has 0 saturated carbocycles. The molecule has 94 valence electrons. The van der Waals surface area contributed by atoms with Crippen LogP contribution >= 0.6 is 34.8 Å². The molecule has 18 heavy (non-hydrogen) atoms. The minimum absolute atomic E-state index is 0.289. The van der Waals surface area contributed by atoms with E-state index in [9.17, 15) is 4.39 Å². The number of rotatable bonds is 2. The lowest BCUT2D eigenvalue weighted by molar-refractivity contribution is 0.411. The second kappa shape index (κ2) is 5.35. The predicted molar refractivity (Wildman–Crippen MR) is 73.4 cm³/mol. The van der Waals surface area contributed by atoms with Crippen LogP contribution in [0.15, 0.2) is 30.3 Å². The van der Waals surface area contributed by atoms with Crippen molar-refractivity contribution < 1.29 is 9.13 Å². The second-order valence-electron chi connectivity index (χ2n) is 3.60. The van der Waals surface area contributed by atoms with Crippen molar-refractivity contribution in [1.82, 2.24) is 0 Å². The summed E-state index contributed by atoms with van der Waals surface area (Å²) in [6.45, 7) is 0. The highest BCUT2D eigenvalue weighted by Crippen LogP contribution is 2.40. The highest BCUT2D eigenvalue weighted by Gasteiger charge is 2.13. The third kappa shape index (κ3) is 2.56. The Morgan fingerprint density at radius 3 is 2.33 bits per heavy atom. The summed E-state index contributed by atoms with van der Waals surface area (Å²) in [6.07, 6.45) is 0. The van der Waals surface area contributed by atoms with Gasteiger partial charge in [-0.1, -0.05) is 34.8 Å². The predicted octanol–water partition coefficient (Wildman–Crippen LogP) is 5.46. The average molecular weight is 306 g/mol. The summed E-state index contributed by atoms with van der Waals surface area (Å²) in [5.41, 5.74) is 1.01. The molecule has 5 heteroatoms. The summed E-state index contributed by atoms with van der Waals surface area (Å²) in [7, 11) is 1.46. The van der Waals surface area contributed by atoms with E-state index in [1.54, 1.807) is 18.2 Å². The number of methoxy groups -OCH3 is 1. The van der Waals surface area contributed by atoms with E-state index in [4.69, 9.17) is 39.5 Å². The Hall–Kier alpha value is -0.960. The molecule has 0 bridgehead atoms. The number of benzene rings is 2. The molecule has 0 unspecified atom stereocenters. The Balaban J connectivity index is 2.69. The summed E-state index contributed by atoms with van der Waals surface area (Å²) >= 11 is 18.1. The largest absolute Gasteiger partial charge is 0.497 e. The highest BCUT2D eigenvalue weighted by atomic mass is 35.5. The molecule has 0 spiro atoms. The first kappa shape index (κ1) is 13.5. The molecule has 0 aliphatic rings. The van der Waals surface area contributed by atoms with Gasteiger partial charge in [-0.2, -0.15) is 0 Å². The van der Waals surface area contributed by atoms with Crippen molar-refractivity contribution >= 4 is 34.8 Å². The van der Waals surface area contributed by atoms with Gasteiger partial charge in [0.25, 0.3) is 0 Å². The third-order valence-corrected chi connectivity index (χ3v) is 3.56. The molecule has 1 nitrogen and oxygen atoms in total. The minimum atomic E-state index is -0.434. The topological polar surface area (TPSA) is 9.23 Å². The smallest absolute Gasteiger partial charge is 0.127 e. The van der Waals surface area contributed by atoms with E-state index in [0.29, 0.717) is 26.9 Å². The lowest BCUT2D eigenvalue weighted by Gasteiger charge is -2.10. The maximum Gasteiger partial charge on any atom is 0.127 e. The first-order chi connectivity index (χ1) is 8.52. The monoisotopic (exact) mass is 304 g/mol. The fourth-order valence-corrected chi connectivity index (χ4v) is 2.36. The van der Waals surface area contributed by atoms with Crippen molar-refractivity contribution in [1.29, 1.82) is 0 Å². The van der Waals surface area contributed by atoms with Crippen molar-refractivity contribution in [3.05, 3.63) is 51.2 Å². The second-order valence-corrected chi connectivity index (χ2v) is 4.79. The van der Waals surface area contributed by atoms with Gasteiger partial charge in [0.15, 0.2) is 0 Å². The Morgan fingerprint density at radius 1 is 1.00 bits per heavy atom. The molecule has 0 amide bonds. The van der Waals surface area contributed by atoms with Gasteiger partial charge in [0, 0.05) is 16.7 Å². The molecular formula is C13H8Cl3FO. The first-order valence-electron chi connectivity index (χ1n) is 5.01. The average Bonchev–Trinajstić information content (AvgIpc) is 2.34. The van der Waals surface area contributed by atoms with Crippen LogP contribution in [0.5, 0.6) is 5.75 Å². The van der Waals surface area contributed by atoms with Crippen molar-refractivity contribution in [2.24, 2.45) is 0 Å². The van der Waals surface area contributed by atoms with E-state index >= 15 is 0 Å². The molecule has 2 aromatic rings. The van der Waals surface area contributed by atoms with Gasteiger partial charge in [0.05, 0.1) is 17.2 Å². The van der Waals surface area contributed by atoms with Gasteiger partial charge < -0.3 is 4.74 Å². The molecule has 0 atom stereocenters. The van der Waals surface area contributed by atoms with Crippen molar-refractivity contribution in [3.8, 4) is 16.9 Å². The molecule has 2 rings (SSSR count). The number of halogens is 4. The molecular weight excluding hydrogens is 297 g/mol. The van der Waals surface area contributed by atoms with Crippen LogP contribution in [-0.2, 0) is 0 Å². The zero-order valence-electron chi connectivity index (χ0n) is 9.31. The quantitative estimate of drug-likeness (QED) is 0.669. The molecule has 0 aromatic heterocycles. The third-order valence-electron chi connectivity index (χ3n) is 2.44. The molecule has 0 saturated heterocycles. The molecule has 0 N–H and O–H groups in total. The van der Waals surface area contributed by atoms with Crippen LogP contribution in [0.3, 0.4) is 0 Å². The lowest BCUT2D eigenvalue weighted by atomic mass is 10.0. The van der Waals surface area contributed by atoms with Crippen molar-refractivity contribution in [2.45, 2.75) is 0 Å². The van der Waals surface area contributed by atoms with E-state index < -0.39 is 5.82 Å². The van der Waals surface area contributed by atoms with E-state index in [2.05, 4.69) is 0 Å². The maximum atomic E-state index is 13.5. The molecule has 0 aliphatic heterocycles. The van der Waals surface area contributed by atoms with Crippen LogP contribution in [0.4, 0.5) is 4.39 Å². The first-order valence-corrected chi connectivity index (χ1v) is 6.14. The Labute approximate surface area is 119 Å². The van der Waals surface area contributed by atoms with E-state index in [1.165, 1.54) is 19.2 Å². The molecule has 0 fully saturated rings. The van der Waals surface area contributed by atoms with Crippen molar-refractivity contribution in [3.63, 3.8) is 0 Å². The van der Waals surface area contributed by atoms with Gasteiger partial charge >= 0.3 is 0 Å². The van der Waals surface area contributed by atoms with Crippen LogP contribution in [0.1, 0.15) is 0 Å². The SMILES string of the molecule is COc1cc(F)cc(-c2c(Cl)ccc(Cl)c2Cl)c1. The number of hydrogen-bond acceptors (Lipinski definition) is 1. The van der Waals surface area contributed by atoms with Crippen LogP contribution in [0, 0.1) is 5.82 Å². The van der Waals surface area contributed by atoms with E-state index in [0.717, 1.165) is 0 Å². The Bertz CT molecular complexity index is 599. The van der Waals surface area contributed by atoms with Gasteiger partial charge in [-0.25, -0.2) is 4.39 Å². The van der Waals surface area contributed by atoms with Crippen LogP contribution < -0.4 is 4.74 Å². The highest BCUT2D eigenvalue weighted by molar-refractivity contribution is 6.46. The zero-order valence-corrected chi connectivity index (χ0v) is 11.6. The number of ether oxygens (including phenoxy) is 1. The van der Waals surface area contributed by atoms with Crippen molar-refractivity contribution in [2.75, 3.05) is 7.11 Å². The normalized spacial score (nSPS) is 10.5. The summed E-state index contributed by atoms with van der Waals surface area (Å²) in [5.74, 6) is -0.0476. The fraction of sp³-hybridized carbons (Fsp3) is 0.0769. The molecule has 0 radical (unpaired) electrons. The molecule has 0 aliphatic carbocycles. The van der Waals surface area contributed by atoms with Gasteiger partial charge in [-0.05, 0) is 29.8 Å². The Morgan fingerprint density at radius 2 is 1.67 bits per heavy atom. The summed E-state index contributed by atoms with van der Waals surface area (Å²) in [4.78, 5) is 0. The van der Waals surface area contributed by atoms with Crippen LogP contribution in [-0.4, -0.2) is 7.11 Å². The van der Waals surface area contributed by atoms with Gasteiger partial charge in [0.2, 0.25) is 0 Å². The minimum Gasteiger partial charge on any atom is -0.497 e. The van der Waals surface area contributed by atoms with Crippen LogP contribution in [0.25, 0.3) is 11.1 Å². The van der Waals surface area contributed by atoms with Gasteiger partial charge in [-0.15, -0.1) is 0 Å². The summed E-state index contributed by atoms with van der Waals surface area (Å²) in [5, 5.41) is 1.05. The number of hydrogen-bond donors (Lipinski definition) is 0. The summed E-state index contributed by atoms with van der Waals surface area (Å²) in [6, 6.07) is 7.45. The zero-order chi connectivity index (χ0) is 13.3. The van der Waals surface area contributed by atoms with E-state index in [-0.39, 0.29) is 5.02 Å².